The van der Waals surface area contributed by atoms with Gasteiger partial charge in [0, 0.05) is 22.7 Å². The molecular weight excluding hydrogens is 498 g/mol. The molecule has 38 heavy (non-hydrogen) atoms. The highest BCUT2D eigenvalue weighted by Crippen LogP contribution is 2.30. The second-order valence-electron chi connectivity index (χ2n) is 9.07. The molecule has 5 aromatic rings. The Morgan fingerprint density at radius 1 is 1.13 bits per heavy atom. The molecular formula is C30H23N3O4S. The molecule has 0 amide bonds. The number of anilines is 1. The van der Waals surface area contributed by atoms with Gasteiger partial charge in [0.05, 0.1) is 23.4 Å². The van der Waals surface area contributed by atoms with Crippen LogP contribution in [0.5, 0.6) is 0 Å². The fourth-order valence-electron chi connectivity index (χ4n) is 3.90. The lowest BCUT2D eigenvalue weighted by atomic mass is 10.0. The van der Waals surface area contributed by atoms with Crippen molar-refractivity contribution >= 4 is 50.3 Å². The number of benzene rings is 3. The largest absolute Gasteiger partial charge is 0.462 e. The van der Waals surface area contributed by atoms with E-state index in [1.54, 1.807) is 48.0 Å². The van der Waals surface area contributed by atoms with Gasteiger partial charge in [0.15, 0.2) is 0 Å². The van der Waals surface area contributed by atoms with Crippen molar-refractivity contribution in [3.05, 3.63) is 99.3 Å². The molecule has 0 saturated heterocycles. The minimum atomic E-state index is -0.489. The highest BCUT2D eigenvalue weighted by molar-refractivity contribution is 7.11. The predicted molar refractivity (Wildman–Crippen MR) is 150 cm³/mol. The second kappa shape index (κ2) is 10.7. The monoisotopic (exact) mass is 521 g/mol. The van der Waals surface area contributed by atoms with E-state index < -0.39 is 5.63 Å². The number of fused-ring (bicyclic) bond motifs is 3. The number of hydrogen-bond acceptors (Lipinski definition) is 8. The van der Waals surface area contributed by atoms with Crippen molar-refractivity contribution in [2.24, 2.45) is 5.92 Å². The van der Waals surface area contributed by atoms with Crippen LogP contribution in [0, 0.1) is 17.2 Å². The average Bonchev–Trinajstić information content (AvgIpc) is 3.41. The minimum absolute atomic E-state index is 0.261. The summed E-state index contributed by atoms with van der Waals surface area (Å²) in [4.78, 5) is 29.4. The van der Waals surface area contributed by atoms with E-state index in [-0.39, 0.29) is 11.9 Å². The second-order valence-corrected chi connectivity index (χ2v) is 9.93. The number of thiazole rings is 1. The number of nitrogens with one attached hydrogen (secondary N) is 1. The van der Waals surface area contributed by atoms with Crippen molar-refractivity contribution in [3.8, 4) is 17.3 Å². The van der Waals surface area contributed by atoms with Gasteiger partial charge in [0.1, 0.15) is 22.2 Å². The van der Waals surface area contributed by atoms with E-state index in [1.165, 1.54) is 11.3 Å². The lowest BCUT2D eigenvalue weighted by Gasteiger charge is -2.07. The molecule has 0 spiro atoms. The third-order valence-corrected chi connectivity index (χ3v) is 6.70. The van der Waals surface area contributed by atoms with Crippen LogP contribution in [0.25, 0.3) is 38.6 Å². The zero-order valence-corrected chi connectivity index (χ0v) is 21.5. The Morgan fingerprint density at radius 3 is 2.68 bits per heavy atom. The third-order valence-electron chi connectivity index (χ3n) is 5.82. The van der Waals surface area contributed by atoms with Crippen LogP contribution in [0.4, 0.5) is 5.69 Å². The highest BCUT2D eigenvalue weighted by atomic mass is 32.1. The van der Waals surface area contributed by atoms with Gasteiger partial charge in [-0.2, -0.15) is 5.26 Å². The molecule has 8 heteroatoms. The van der Waals surface area contributed by atoms with E-state index in [9.17, 15) is 14.9 Å². The summed E-state index contributed by atoms with van der Waals surface area (Å²) in [5.41, 5.74) is 2.24. The van der Waals surface area contributed by atoms with E-state index in [2.05, 4.69) is 16.4 Å². The van der Waals surface area contributed by atoms with E-state index in [0.29, 0.717) is 45.3 Å². The van der Waals surface area contributed by atoms with Gasteiger partial charge in [-0.25, -0.2) is 14.6 Å². The molecule has 5 rings (SSSR count). The van der Waals surface area contributed by atoms with Crippen molar-refractivity contribution in [2.75, 3.05) is 11.9 Å². The summed E-state index contributed by atoms with van der Waals surface area (Å²) in [7, 11) is 0. The van der Waals surface area contributed by atoms with E-state index in [1.807, 2.05) is 44.2 Å². The molecule has 2 heterocycles. The number of rotatable bonds is 7. The SMILES string of the molecule is CC(C)COC(=O)c1ccc(N/C=C(/C#N)c2nc(-c3cc4c(ccc5ccccc54)oc3=O)cs2)cc1. The van der Waals surface area contributed by atoms with Gasteiger partial charge in [-0.3, -0.25) is 0 Å². The smallest absolute Gasteiger partial charge is 0.345 e. The van der Waals surface area contributed by atoms with Crippen LogP contribution in [0.1, 0.15) is 29.2 Å². The first-order valence-corrected chi connectivity index (χ1v) is 12.9. The van der Waals surface area contributed by atoms with Crippen molar-refractivity contribution in [2.45, 2.75) is 13.8 Å². The quantitative estimate of drug-likeness (QED) is 0.108. The molecule has 0 saturated carbocycles. The number of carbonyl (C=O) groups is 1. The van der Waals surface area contributed by atoms with Gasteiger partial charge in [-0.1, -0.05) is 44.2 Å². The van der Waals surface area contributed by atoms with Crippen LogP contribution in [-0.4, -0.2) is 17.6 Å². The lowest BCUT2D eigenvalue weighted by molar-refractivity contribution is 0.0459. The van der Waals surface area contributed by atoms with Crippen molar-refractivity contribution < 1.29 is 13.9 Å². The summed E-state index contributed by atoms with van der Waals surface area (Å²) in [5.74, 6) is -0.114. The molecule has 188 valence electrons. The zero-order valence-electron chi connectivity index (χ0n) is 20.7. The third kappa shape index (κ3) is 5.19. The van der Waals surface area contributed by atoms with Crippen molar-refractivity contribution in [1.29, 1.82) is 5.26 Å². The minimum Gasteiger partial charge on any atom is -0.462 e. The van der Waals surface area contributed by atoms with E-state index in [4.69, 9.17) is 9.15 Å². The summed E-state index contributed by atoms with van der Waals surface area (Å²) < 4.78 is 10.8. The maximum absolute atomic E-state index is 12.8. The Morgan fingerprint density at radius 2 is 1.92 bits per heavy atom. The van der Waals surface area contributed by atoms with Crippen LogP contribution in [0.15, 0.2) is 87.5 Å². The summed E-state index contributed by atoms with van der Waals surface area (Å²) in [5, 5.41) is 17.8. The van der Waals surface area contributed by atoms with Crippen LogP contribution in [-0.2, 0) is 4.74 Å². The number of nitrogens with zero attached hydrogens (tertiary/aromatic N) is 2. The molecule has 0 radical (unpaired) electrons. The van der Waals surface area contributed by atoms with Crippen molar-refractivity contribution in [3.63, 3.8) is 0 Å². The molecule has 1 N–H and O–H groups in total. The standard InChI is InChI=1S/C30H23N3O4S/c1-18(2)16-36-29(34)20-7-10-22(11-8-20)32-15-21(14-31)28-33-26(17-38-28)25-13-24-23-6-4-3-5-19(23)9-12-27(24)37-30(25)35/h3-13,15,17-18,32H,16H2,1-2H3/b21-15-. The van der Waals surface area contributed by atoms with E-state index in [0.717, 1.165) is 16.2 Å². The van der Waals surface area contributed by atoms with Crippen LogP contribution in [0.2, 0.25) is 0 Å². The number of carbonyl (C=O) groups excluding carboxylic acids is 1. The number of esters is 1. The normalized spacial score (nSPS) is 11.6. The Bertz CT molecular complexity index is 1780. The van der Waals surface area contributed by atoms with Crippen LogP contribution >= 0.6 is 11.3 Å². The first-order valence-electron chi connectivity index (χ1n) is 12.0. The van der Waals surface area contributed by atoms with Gasteiger partial charge in [-0.05, 0) is 53.1 Å². The first-order chi connectivity index (χ1) is 18.4. The summed E-state index contributed by atoms with van der Waals surface area (Å²) >= 11 is 1.26. The maximum Gasteiger partial charge on any atom is 0.345 e. The van der Waals surface area contributed by atoms with E-state index >= 15 is 0 Å². The topological polar surface area (TPSA) is 105 Å². The van der Waals surface area contributed by atoms with Gasteiger partial charge < -0.3 is 14.5 Å². The molecule has 0 bridgehead atoms. The first kappa shape index (κ1) is 24.9. The number of aromatic nitrogens is 1. The molecule has 0 aliphatic rings. The fourth-order valence-corrected chi connectivity index (χ4v) is 4.68. The Kier molecular flexibility index (Phi) is 7.03. The lowest BCUT2D eigenvalue weighted by Crippen LogP contribution is -2.10. The Hall–Kier alpha value is -4.74. The average molecular weight is 522 g/mol. The molecule has 2 aromatic heterocycles. The maximum atomic E-state index is 12.8. The Labute approximate surface area is 222 Å². The molecule has 0 unspecified atom stereocenters. The molecule has 7 nitrogen and oxygen atoms in total. The van der Waals surface area contributed by atoms with Gasteiger partial charge in [0.25, 0.3) is 0 Å². The summed E-state index contributed by atoms with van der Waals surface area (Å²) in [6, 6.07) is 22.3. The Balaban J connectivity index is 1.38. The fraction of sp³-hybridized carbons (Fsp3) is 0.133. The van der Waals surface area contributed by atoms with Gasteiger partial charge >= 0.3 is 11.6 Å². The molecule has 0 atom stereocenters. The van der Waals surface area contributed by atoms with Gasteiger partial charge in [0.2, 0.25) is 0 Å². The highest BCUT2D eigenvalue weighted by Gasteiger charge is 2.15. The number of hydrogen-bond donors (Lipinski definition) is 1. The number of allylic oxidation sites excluding steroid dienone is 1. The van der Waals surface area contributed by atoms with Crippen molar-refractivity contribution in [1.82, 2.24) is 4.98 Å². The molecule has 0 fully saturated rings. The van der Waals surface area contributed by atoms with Crippen LogP contribution in [0.3, 0.4) is 0 Å². The summed E-state index contributed by atoms with van der Waals surface area (Å²) in [6.07, 6.45) is 1.55. The molecule has 0 aliphatic carbocycles. The number of nitriles is 1. The summed E-state index contributed by atoms with van der Waals surface area (Å²) in [6.45, 7) is 4.31. The van der Waals surface area contributed by atoms with Crippen LogP contribution < -0.4 is 10.9 Å². The predicted octanol–water partition coefficient (Wildman–Crippen LogP) is 6.86. The molecule has 0 aliphatic heterocycles. The zero-order chi connectivity index (χ0) is 26.6. The van der Waals surface area contributed by atoms with Gasteiger partial charge in [-0.15, -0.1) is 11.3 Å². The molecule has 3 aromatic carbocycles. The number of ether oxygens (including phenoxy) is 1.